The molecule has 0 radical (unpaired) electrons. The number of hydrogen-bond acceptors (Lipinski definition) is 2. The molecule has 2 heterocycles. The zero-order valence-electron chi connectivity index (χ0n) is 29.9. The first kappa shape index (κ1) is 31.2. The third-order valence-electron chi connectivity index (χ3n) is 11.0. The van der Waals surface area contributed by atoms with E-state index in [0.717, 1.165) is 55.8 Å². The van der Waals surface area contributed by atoms with Crippen LogP contribution in [0.3, 0.4) is 0 Å². The molecule has 0 atom stereocenters. The second-order valence-corrected chi connectivity index (χ2v) is 14.1. The number of fused-ring (bicyclic) bond motifs is 7. The topological polar surface area (TPSA) is 21.3 Å². The molecule has 3 nitrogen and oxygen atoms in total. The molecule has 258 valence electrons. The van der Waals surface area contributed by atoms with Gasteiger partial charge in [-0.3, -0.25) is 0 Å². The minimum Gasteiger partial charge on any atom is -0.455 e. The minimum atomic E-state index is 0.861. The Bertz CT molecular complexity index is 3150. The SMILES string of the molecule is c1ccc(N(c2ccc(-c3cccc4ccccc34)cc2)c2ccc3c(oc4ccccc43)c2-c2ccccc2-n2c3ccccc3c3ccccc32)cc1. The summed E-state index contributed by atoms with van der Waals surface area (Å²) in [6, 6.07) is 73.8. The Morgan fingerprint density at radius 1 is 0.382 bits per heavy atom. The molecular weight excluding hydrogens is 669 g/mol. The van der Waals surface area contributed by atoms with Gasteiger partial charge in [-0.2, -0.15) is 0 Å². The van der Waals surface area contributed by atoms with E-state index in [-0.39, 0.29) is 0 Å². The summed E-state index contributed by atoms with van der Waals surface area (Å²) in [4.78, 5) is 2.37. The van der Waals surface area contributed by atoms with Crippen molar-refractivity contribution in [2.24, 2.45) is 0 Å². The van der Waals surface area contributed by atoms with E-state index in [4.69, 9.17) is 4.42 Å². The first-order valence-corrected chi connectivity index (χ1v) is 18.8. The van der Waals surface area contributed by atoms with Gasteiger partial charge in [0.1, 0.15) is 11.2 Å². The van der Waals surface area contributed by atoms with E-state index in [0.29, 0.717) is 0 Å². The second-order valence-electron chi connectivity index (χ2n) is 14.1. The van der Waals surface area contributed by atoms with Gasteiger partial charge in [0.15, 0.2) is 0 Å². The Balaban J connectivity index is 1.19. The van der Waals surface area contributed by atoms with Crippen molar-refractivity contribution in [2.75, 3.05) is 4.90 Å². The summed E-state index contributed by atoms with van der Waals surface area (Å²) >= 11 is 0. The maximum absolute atomic E-state index is 6.93. The molecule has 0 saturated heterocycles. The minimum absolute atomic E-state index is 0.861. The number of furan rings is 1. The molecule has 11 rings (SSSR count). The molecule has 0 saturated carbocycles. The van der Waals surface area contributed by atoms with Crippen molar-refractivity contribution in [3.8, 4) is 27.9 Å². The van der Waals surface area contributed by atoms with Gasteiger partial charge < -0.3 is 13.9 Å². The average molecular weight is 703 g/mol. The molecule has 3 heteroatoms. The molecule has 0 aliphatic rings. The Labute approximate surface area is 318 Å². The Morgan fingerprint density at radius 3 is 1.75 bits per heavy atom. The highest BCUT2D eigenvalue weighted by atomic mass is 16.3. The predicted molar refractivity (Wildman–Crippen MR) is 231 cm³/mol. The van der Waals surface area contributed by atoms with Crippen LogP contribution >= 0.6 is 0 Å². The Kier molecular flexibility index (Phi) is 7.17. The van der Waals surface area contributed by atoms with Crippen LogP contribution in [-0.4, -0.2) is 4.57 Å². The van der Waals surface area contributed by atoms with Gasteiger partial charge in [-0.1, -0.05) is 146 Å². The van der Waals surface area contributed by atoms with E-state index in [9.17, 15) is 0 Å². The fourth-order valence-corrected chi connectivity index (χ4v) is 8.56. The number of benzene rings is 9. The zero-order chi connectivity index (χ0) is 36.3. The van der Waals surface area contributed by atoms with E-state index in [1.807, 2.05) is 6.07 Å². The van der Waals surface area contributed by atoms with Crippen LogP contribution in [0.5, 0.6) is 0 Å². The average Bonchev–Trinajstić information content (AvgIpc) is 3.80. The highest BCUT2D eigenvalue weighted by Gasteiger charge is 2.25. The van der Waals surface area contributed by atoms with Crippen LogP contribution in [0.2, 0.25) is 0 Å². The first-order chi connectivity index (χ1) is 27.3. The van der Waals surface area contributed by atoms with Gasteiger partial charge >= 0.3 is 0 Å². The molecule has 55 heavy (non-hydrogen) atoms. The maximum atomic E-state index is 6.93. The molecule has 0 spiro atoms. The number of aromatic nitrogens is 1. The fourth-order valence-electron chi connectivity index (χ4n) is 8.56. The third kappa shape index (κ3) is 4.98. The van der Waals surface area contributed by atoms with Crippen LogP contribution in [0, 0.1) is 0 Å². The predicted octanol–water partition coefficient (Wildman–Crippen LogP) is 14.6. The normalized spacial score (nSPS) is 11.6. The molecule has 0 aliphatic carbocycles. The van der Waals surface area contributed by atoms with Gasteiger partial charge in [0.25, 0.3) is 0 Å². The monoisotopic (exact) mass is 702 g/mol. The van der Waals surface area contributed by atoms with Crippen LogP contribution in [0.15, 0.2) is 211 Å². The smallest absolute Gasteiger partial charge is 0.145 e. The number of nitrogens with zero attached hydrogens (tertiary/aromatic N) is 2. The summed E-state index contributed by atoms with van der Waals surface area (Å²) < 4.78 is 9.34. The van der Waals surface area contributed by atoms with E-state index < -0.39 is 0 Å². The molecule has 11 aromatic rings. The summed E-state index contributed by atoms with van der Waals surface area (Å²) in [5.74, 6) is 0. The van der Waals surface area contributed by atoms with Gasteiger partial charge in [0.05, 0.1) is 28.0 Å². The molecule has 0 fully saturated rings. The van der Waals surface area contributed by atoms with E-state index in [1.165, 1.54) is 43.7 Å². The van der Waals surface area contributed by atoms with Gasteiger partial charge in [0, 0.05) is 38.5 Å². The molecular formula is C52H34N2O. The summed E-state index contributed by atoms with van der Waals surface area (Å²) in [6.07, 6.45) is 0. The lowest BCUT2D eigenvalue weighted by molar-refractivity contribution is 0.670. The van der Waals surface area contributed by atoms with Crippen LogP contribution in [-0.2, 0) is 0 Å². The van der Waals surface area contributed by atoms with Gasteiger partial charge in [-0.25, -0.2) is 0 Å². The lowest BCUT2D eigenvalue weighted by Crippen LogP contribution is -2.11. The molecule has 0 bridgehead atoms. The van der Waals surface area contributed by atoms with Crippen molar-refractivity contribution < 1.29 is 4.42 Å². The first-order valence-electron chi connectivity index (χ1n) is 18.8. The van der Waals surface area contributed by atoms with Crippen LogP contribution in [0.25, 0.3) is 82.5 Å². The lowest BCUT2D eigenvalue weighted by Gasteiger charge is -2.29. The number of hydrogen-bond donors (Lipinski definition) is 0. The third-order valence-corrected chi connectivity index (χ3v) is 11.0. The highest BCUT2D eigenvalue weighted by Crippen LogP contribution is 2.49. The van der Waals surface area contributed by atoms with E-state index in [2.05, 4.69) is 210 Å². The summed E-state index contributed by atoms with van der Waals surface area (Å²) in [7, 11) is 0. The molecule has 2 aromatic heterocycles. The van der Waals surface area contributed by atoms with E-state index in [1.54, 1.807) is 0 Å². The number of para-hydroxylation sites is 5. The van der Waals surface area contributed by atoms with Crippen LogP contribution in [0.1, 0.15) is 0 Å². The fraction of sp³-hybridized carbons (Fsp3) is 0. The molecule has 9 aromatic carbocycles. The number of anilines is 3. The molecule has 0 unspecified atom stereocenters. The van der Waals surface area contributed by atoms with Gasteiger partial charge in [0.2, 0.25) is 0 Å². The van der Waals surface area contributed by atoms with Gasteiger partial charge in [-0.15, -0.1) is 0 Å². The summed E-state index contributed by atoms with van der Waals surface area (Å²) in [5, 5.41) is 7.13. The van der Waals surface area contributed by atoms with Crippen LogP contribution in [0.4, 0.5) is 17.1 Å². The highest BCUT2D eigenvalue weighted by molar-refractivity contribution is 6.15. The summed E-state index contributed by atoms with van der Waals surface area (Å²) in [6.45, 7) is 0. The van der Waals surface area contributed by atoms with Crippen molar-refractivity contribution in [3.63, 3.8) is 0 Å². The van der Waals surface area contributed by atoms with Crippen molar-refractivity contribution in [1.82, 2.24) is 4.57 Å². The maximum Gasteiger partial charge on any atom is 0.145 e. The van der Waals surface area contributed by atoms with Gasteiger partial charge in [-0.05, 0) is 82.6 Å². The zero-order valence-corrected chi connectivity index (χ0v) is 29.9. The van der Waals surface area contributed by atoms with Crippen molar-refractivity contribution in [1.29, 1.82) is 0 Å². The van der Waals surface area contributed by atoms with Crippen molar-refractivity contribution in [2.45, 2.75) is 0 Å². The number of rotatable bonds is 6. The quantitative estimate of drug-likeness (QED) is 0.172. The molecule has 0 N–H and O–H groups in total. The summed E-state index contributed by atoms with van der Waals surface area (Å²) in [5.41, 5.74) is 12.8. The van der Waals surface area contributed by atoms with Crippen molar-refractivity contribution in [3.05, 3.63) is 206 Å². The standard InChI is InChI=1S/C52H34N2O/c1-2-17-37(18-3-1)53(38-31-29-36(30-32-38)40-24-14-16-35-15-4-5-19-39(35)40)49-34-33-44-43-22-9-13-28-50(43)55-52(44)51(49)45-23-8-12-27-48(45)54-46-25-10-6-20-41(46)42-21-7-11-26-47(42)54/h1-34H. The van der Waals surface area contributed by atoms with Crippen LogP contribution < -0.4 is 4.90 Å². The Morgan fingerprint density at radius 2 is 0.964 bits per heavy atom. The lowest BCUT2D eigenvalue weighted by atomic mass is 9.96. The molecule has 0 amide bonds. The largest absolute Gasteiger partial charge is 0.455 e. The van der Waals surface area contributed by atoms with E-state index >= 15 is 0 Å². The second kappa shape index (κ2) is 12.6. The molecule has 0 aliphatic heterocycles. The Hall–Kier alpha value is -7.36. The van der Waals surface area contributed by atoms with Crippen molar-refractivity contribution >= 4 is 71.6 Å².